The number of nitrogens with zero attached hydrogens (tertiary/aromatic N) is 2. The lowest BCUT2D eigenvalue weighted by Gasteiger charge is -2.21. The van der Waals surface area contributed by atoms with Crippen LogP contribution < -0.4 is 9.47 Å². The van der Waals surface area contributed by atoms with Crippen LogP contribution in [0.4, 0.5) is 4.39 Å². The summed E-state index contributed by atoms with van der Waals surface area (Å²) >= 11 is 0. The summed E-state index contributed by atoms with van der Waals surface area (Å²) in [6, 6.07) is 22.4. The molecule has 0 aliphatic carbocycles. The van der Waals surface area contributed by atoms with Gasteiger partial charge < -0.3 is 9.47 Å². The molecule has 5 rings (SSSR count). The molecule has 0 unspecified atom stereocenters. The van der Waals surface area contributed by atoms with E-state index in [1.807, 2.05) is 60.7 Å². The maximum absolute atomic E-state index is 14.3. The van der Waals surface area contributed by atoms with E-state index in [1.165, 1.54) is 6.07 Å². The van der Waals surface area contributed by atoms with Crippen LogP contribution in [0.2, 0.25) is 0 Å². The van der Waals surface area contributed by atoms with Crippen LogP contribution in [0, 0.1) is 5.82 Å². The average molecular weight is 412 g/mol. The molecule has 4 nitrogen and oxygen atoms in total. The molecule has 0 saturated heterocycles. The van der Waals surface area contributed by atoms with Gasteiger partial charge in [0.15, 0.2) is 11.5 Å². The van der Waals surface area contributed by atoms with Crippen molar-refractivity contribution in [2.24, 2.45) is 0 Å². The SMILES string of the molecule is Fc1ccc(CC(c2ccccn2)c2ccccn2)c(-c2ccc3c(c2)OCCO3)c1. The first-order valence-electron chi connectivity index (χ1n) is 10.3. The number of pyridine rings is 2. The number of hydrogen-bond acceptors (Lipinski definition) is 4. The minimum atomic E-state index is -0.277. The van der Waals surface area contributed by atoms with Crippen molar-refractivity contribution >= 4 is 0 Å². The van der Waals surface area contributed by atoms with Gasteiger partial charge in [0, 0.05) is 29.7 Å². The number of aromatic nitrogens is 2. The van der Waals surface area contributed by atoms with Gasteiger partial charge in [-0.15, -0.1) is 0 Å². The molecule has 0 fully saturated rings. The van der Waals surface area contributed by atoms with Gasteiger partial charge in [0.1, 0.15) is 19.0 Å². The van der Waals surface area contributed by atoms with Crippen LogP contribution in [0.3, 0.4) is 0 Å². The lowest BCUT2D eigenvalue weighted by Crippen LogP contribution is -2.15. The van der Waals surface area contributed by atoms with Crippen molar-refractivity contribution < 1.29 is 13.9 Å². The highest BCUT2D eigenvalue weighted by Crippen LogP contribution is 2.37. The van der Waals surface area contributed by atoms with Gasteiger partial charge in [-0.3, -0.25) is 9.97 Å². The molecule has 2 aromatic carbocycles. The van der Waals surface area contributed by atoms with Crippen LogP contribution in [0.25, 0.3) is 11.1 Å². The van der Waals surface area contributed by atoms with E-state index in [0.29, 0.717) is 31.1 Å². The Morgan fingerprint density at radius 1 is 0.774 bits per heavy atom. The Morgan fingerprint density at radius 3 is 2.16 bits per heavy atom. The normalized spacial score (nSPS) is 12.7. The van der Waals surface area contributed by atoms with Crippen molar-refractivity contribution in [2.75, 3.05) is 13.2 Å². The average Bonchev–Trinajstić information content (AvgIpc) is 2.84. The number of halogens is 1. The third-order valence-corrected chi connectivity index (χ3v) is 5.44. The molecule has 2 aromatic heterocycles. The molecule has 0 amide bonds. The summed E-state index contributed by atoms with van der Waals surface area (Å²) in [7, 11) is 0. The molecule has 1 aliphatic rings. The quantitative estimate of drug-likeness (QED) is 0.439. The lowest BCUT2D eigenvalue weighted by molar-refractivity contribution is 0.171. The molecule has 4 aromatic rings. The molecule has 0 radical (unpaired) electrons. The Hall–Kier alpha value is -3.73. The molecule has 154 valence electrons. The van der Waals surface area contributed by atoms with E-state index in [4.69, 9.17) is 9.47 Å². The van der Waals surface area contributed by atoms with E-state index in [2.05, 4.69) is 9.97 Å². The van der Waals surface area contributed by atoms with Crippen LogP contribution in [-0.4, -0.2) is 23.2 Å². The number of fused-ring (bicyclic) bond motifs is 1. The van der Waals surface area contributed by atoms with Gasteiger partial charge in [-0.05, 0) is 71.6 Å². The maximum atomic E-state index is 14.3. The van der Waals surface area contributed by atoms with Gasteiger partial charge in [-0.1, -0.05) is 24.3 Å². The van der Waals surface area contributed by atoms with Crippen molar-refractivity contribution in [2.45, 2.75) is 12.3 Å². The number of hydrogen-bond donors (Lipinski definition) is 0. The summed E-state index contributed by atoms with van der Waals surface area (Å²) in [5, 5.41) is 0. The van der Waals surface area contributed by atoms with Crippen molar-refractivity contribution in [1.29, 1.82) is 0 Å². The molecule has 0 bridgehead atoms. The van der Waals surface area contributed by atoms with Gasteiger partial charge in [-0.2, -0.15) is 0 Å². The maximum Gasteiger partial charge on any atom is 0.161 e. The number of benzene rings is 2. The zero-order chi connectivity index (χ0) is 21.0. The standard InChI is InChI=1S/C26H21FN2O2/c27-20-9-7-18(21(17-20)19-8-10-25-26(16-19)31-14-13-30-25)15-22(23-5-1-3-11-28-23)24-6-2-4-12-29-24/h1-12,16-17,22H,13-15H2. The molecule has 0 saturated carbocycles. The largest absolute Gasteiger partial charge is 0.486 e. The van der Waals surface area contributed by atoms with Crippen molar-refractivity contribution in [1.82, 2.24) is 9.97 Å². The Morgan fingerprint density at radius 2 is 1.48 bits per heavy atom. The van der Waals surface area contributed by atoms with Crippen LogP contribution in [0.15, 0.2) is 85.2 Å². The molecule has 0 spiro atoms. The first-order valence-corrected chi connectivity index (χ1v) is 10.3. The summed E-state index contributed by atoms with van der Waals surface area (Å²) in [6.45, 7) is 1.04. The Balaban J connectivity index is 1.57. The summed E-state index contributed by atoms with van der Waals surface area (Å²) in [4.78, 5) is 9.16. The van der Waals surface area contributed by atoms with E-state index in [1.54, 1.807) is 18.5 Å². The molecular formula is C26H21FN2O2. The molecular weight excluding hydrogens is 391 g/mol. The third kappa shape index (κ3) is 4.12. The predicted octanol–water partition coefficient (Wildman–Crippen LogP) is 5.43. The first-order chi connectivity index (χ1) is 15.3. The highest BCUT2D eigenvalue weighted by Gasteiger charge is 2.21. The minimum absolute atomic E-state index is 0.0520. The fraction of sp³-hybridized carbons (Fsp3) is 0.154. The van der Waals surface area contributed by atoms with Gasteiger partial charge in [0.25, 0.3) is 0 Å². The van der Waals surface area contributed by atoms with Gasteiger partial charge in [0.2, 0.25) is 0 Å². The first kappa shape index (κ1) is 19.2. The van der Waals surface area contributed by atoms with E-state index in [-0.39, 0.29) is 11.7 Å². The summed E-state index contributed by atoms with van der Waals surface area (Å²) in [5.74, 6) is 1.07. The smallest absolute Gasteiger partial charge is 0.161 e. The van der Waals surface area contributed by atoms with Gasteiger partial charge in [-0.25, -0.2) is 4.39 Å². The molecule has 31 heavy (non-hydrogen) atoms. The minimum Gasteiger partial charge on any atom is -0.486 e. The monoisotopic (exact) mass is 412 g/mol. The van der Waals surface area contributed by atoms with Crippen molar-refractivity contribution in [3.8, 4) is 22.6 Å². The Labute approximate surface area is 180 Å². The fourth-order valence-corrected chi connectivity index (χ4v) is 3.95. The van der Waals surface area contributed by atoms with Gasteiger partial charge >= 0.3 is 0 Å². The Bertz CT molecular complexity index is 1140. The van der Waals surface area contributed by atoms with Crippen LogP contribution in [-0.2, 0) is 6.42 Å². The molecule has 3 heterocycles. The highest BCUT2D eigenvalue weighted by atomic mass is 19.1. The Kier molecular flexibility index (Phi) is 5.31. The molecule has 0 N–H and O–H groups in total. The van der Waals surface area contributed by atoms with E-state index >= 15 is 0 Å². The zero-order valence-electron chi connectivity index (χ0n) is 16.9. The topological polar surface area (TPSA) is 44.2 Å². The number of rotatable bonds is 5. The van der Waals surface area contributed by atoms with Crippen LogP contribution in [0.5, 0.6) is 11.5 Å². The fourth-order valence-electron chi connectivity index (χ4n) is 3.95. The second kappa shape index (κ2) is 8.56. The molecule has 5 heteroatoms. The van der Waals surface area contributed by atoms with E-state index in [9.17, 15) is 4.39 Å². The van der Waals surface area contributed by atoms with E-state index < -0.39 is 0 Å². The summed E-state index contributed by atoms with van der Waals surface area (Å²) in [5.41, 5.74) is 4.59. The highest BCUT2D eigenvalue weighted by molar-refractivity contribution is 5.71. The van der Waals surface area contributed by atoms with E-state index in [0.717, 1.165) is 28.1 Å². The van der Waals surface area contributed by atoms with Crippen LogP contribution in [0.1, 0.15) is 22.9 Å². The second-order valence-corrected chi connectivity index (χ2v) is 7.43. The summed E-state index contributed by atoms with van der Waals surface area (Å²) in [6.07, 6.45) is 4.22. The second-order valence-electron chi connectivity index (χ2n) is 7.43. The van der Waals surface area contributed by atoms with Crippen molar-refractivity contribution in [3.63, 3.8) is 0 Å². The molecule has 0 atom stereocenters. The zero-order valence-corrected chi connectivity index (χ0v) is 16.9. The van der Waals surface area contributed by atoms with Crippen LogP contribution >= 0.6 is 0 Å². The van der Waals surface area contributed by atoms with Crippen molar-refractivity contribution in [3.05, 3.63) is 108 Å². The number of ether oxygens (including phenoxy) is 2. The molecule has 1 aliphatic heterocycles. The summed E-state index contributed by atoms with van der Waals surface area (Å²) < 4.78 is 25.6. The van der Waals surface area contributed by atoms with Gasteiger partial charge in [0.05, 0.1) is 0 Å². The third-order valence-electron chi connectivity index (χ3n) is 5.44. The predicted molar refractivity (Wildman–Crippen MR) is 117 cm³/mol. The lowest BCUT2D eigenvalue weighted by atomic mass is 9.88.